The van der Waals surface area contributed by atoms with Crippen LogP contribution in [0.1, 0.15) is 17.3 Å². The first-order valence-corrected chi connectivity index (χ1v) is 10.0. The molecule has 1 atom stereocenters. The molecule has 3 rings (SSSR count). The van der Waals surface area contributed by atoms with Crippen molar-refractivity contribution in [1.29, 1.82) is 0 Å². The van der Waals surface area contributed by atoms with Crippen molar-refractivity contribution < 1.29 is 14.3 Å². The molecule has 0 aliphatic rings. The standard InChI is InChI=1S/C23H22N2O3S/c1-16(22(26)24-18-6-4-3-5-7-18)29-21-14-10-19(11-15-21)25-23(27)17-8-12-20(28-2)13-9-17/h3-16H,1-2H3,(H,24,26)(H,25,27). The number of methoxy groups -OCH3 is 1. The predicted molar refractivity (Wildman–Crippen MR) is 118 cm³/mol. The highest BCUT2D eigenvalue weighted by Gasteiger charge is 2.14. The maximum atomic E-state index is 12.3. The van der Waals surface area contributed by atoms with E-state index in [9.17, 15) is 9.59 Å². The molecule has 0 spiro atoms. The fourth-order valence-electron chi connectivity index (χ4n) is 2.59. The summed E-state index contributed by atoms with van der Waals surface area (Å²) in [6, 6.07) is 23.7. The van der Waals surface area contributed by atoms with Crippen molar-refractivity contribution in [1.82, 2.24) is 0 Å². The fraction of sp³-hybridized carbons (Fsp3) is 0.130. The van der Waals surface area contributed by atoms with Crippen LogP contribution in [0.5, 0.6) is 5.75 Å². The second kappa shape index (κ2) is 9.80. The highest BCUT2D eigenvalue weighted by molar-refractivity contribution is 8.00. The smallest absolute Gasteiger partial charge is 0.255 e. The quantitative estimate of drug-likeness (QED) is 0.538. The summed E-state index contributed by atoms with van der Waals surface area (Å²) in [7, 11) is 1.58. The van der Waals surface area contributed by atoms with E-state index in [-0.39, 0.29) is 17.1 Å². The molecule has 2 N–H and O–H groups in total. The lowest BCUT2D eigenvalue weighted by Crippen LogP contribution is -2.22. The molecular formula is C23H22N2O3S. The third kappa shape index (κ3) is 5.86. The van der Waals surface area contributed by atoms with E-state index in [0.717, 1.165) is 10.6 Å². The first kappa shape index (κ1) is 20.5. The highest BCUT2D eigenvalue weighted by atomic mass is 32.2. The second-order valence-corrected chi connectivity index (χ2v) is 7.74. The molecule has 3 aromatic carbocycles. The summed E-state index contributed by atoms with van der Waals surface area (Å²) in [5.41, 5.74) is 2.02. The molecule has 1 unspecified atom stereocenters. The Hall–Kier alpha value is -3.25. The van der Waals surface area contributed by atoms with E-state index in [2.05, 4.69) is 10.6 Å². The molecule has 29 heavy (non-hydrogen) atoms. The Morgan fingerprint density at radius 1 is 0.828 bits per heavy atom. The lowest BCUT2D eigenvalue weighted by Gasteiger charge is -2.12. The van der Waals surface area contributed by atoms with Crippen LogP contribution in [0.4, 0.5) is 11.4 Å². The molecule has 148 valence electrons. The van der Waals surface area contributed by atoms with Crippen molar-refractivity contribution in [2.24, 2.45) is 0 Å². The molecule has 0 aliphatic carbocycles. The molecule has 0 heterocycles. The summed E-state index contributed by atoms with van der Waals surface area (Å²) in [6.07, 6.45) is 0. The number of rotatable bonds is 7. The van der Waals surface area contributed by atoms with Crippen molar-refractivity contribution in [2.45, 2.75) is 17.1 Å². The average Bonchev–Trinajstić information content (AvgIpc) is 2.75. The van der Waals surface area contributed by atoms with Gasteiger partial charge in [-0.25, -0.2) is 0 Å². The van der Waals surface area contributed by atoms with Gasteiger partial charge in [0.2, 0.25) is 5.91 Å². The van der Waals surface area contributed by atoms with Crippen molar-refractivity contribution in [3.63, 3.8) is 0 Å². The van der Waals surface area contributed by atoms with Gasteiger partial charge in [-0.15, -0.1) is 11.8 Å². The van der Waals surface area contributed by atoms with Crippen LogP contribution >= 0.6 is 11.8 Å². The van der Waals surface area contributed by atoms with Crippen LogP contribution < -0.4 is 15.4 Å². The summed E-state index contributed by atoms with van der Waals surface area (Å²) >= 11 is 1.46. The van der Waals surface area contributed by atoms with Crippen molar-refractivity contribution in [3.05, 3.63) is 84.4 Å². The van der Waals surface area contributed by atoms with E-state index < -0.39 is 0 Å². The van der Waals surface area contributed by atoms with Crippen molar-refractivity contribution in [3.8, 4) is 5.75 Å². The van der Waals surface area contributed by atoms with Gasteiger partial charge in [0.15, 0.2) is 0 Å². The Bertz CT molecular complexity index is 958. The molecule has 0 fully saturated rings. The van der Waals surface area contributed by atoms with E-state index in [1.165, 1.54) is 11.8 Å². The zero-order valence-corrected chi connectivity index (χ0v) is 17.0. The Morgan fingerprint density at radius 2 is 1.45 bits per heavy atom. The molecule has 0 radical (unpaired) electrons. The first-order valence-electron chi connectivity index (χ1n) is 9.13. The number of hydrogen-bond acceptors (Lipinski definition) is 4. The maximum absolute atomic E-state index is 12.3. The lowest BCUT2D eigenvalue weighted by molar-refractivity contribution is -0.115. The van der Waals surface area contributed by atoms with Gasteiger partial charge < -0.3 is 15.4 Å². The van der Waals surface area contributed by atoms with Crippen LogP contribution in [0, 0.1) is 0 Å². The zero-order chi connectivity index (χ0) is 20.6. The maximum Gasteiger partial charge on any atom is 0.255 e. The lowest BCUT2D eigenvalue weighted by atomic mass is 10.2. The van der Waals surface area contributed by atoms with Gasteiger partial charge in [0, 0.05) is 21.8 Å². The van der Waals surface area contributed by atoms with Crippen LogP contribution in [-0.4, -0.2) is 24.2 Å². The Kier molecular flexibility index (Phi) is 6.92. The van der Waals surface area contributed by atoms with Gasteiger partial charge in [0.25, 0.3) is 5.91 Å². The number of ether oxygens (including phenoxy) is 1. The van der Waals surface area contributed by atoms with Crippen LogP contribution in [0.2, 0.25) is 0 Å². The van der Waals surface area contributed by atoms with Crippen molar-refractivity contribution >= 4 is 35.0 Å². The minimum absolute atomic E-state index is 0.0573. The largest absolute Gasteiger partial charge is 0.497 e. The van der Waals surface area contributed by atoms with Gasteiger partial charge in [-0.05, 0) is 67.6 Å². The van der Waals surface area contributed by atoms with Crippen LogP contribution in [-0.2, 0) is 4.79 Å². The third-order valence-electron chi connectivity index (χ3n) is 4.19. The number of para-hydroxylation sites is 1. The number of hydrogen-bond donors (Lipinski definition) is 2. The molecule has 0 aromatic heterocycles. The number of nitrogens with one attached hydrogen (secondary N) is 2. The van der Waals surface area contributed by atoms with Gasteiger partial charge in [-0.2, -0.15) is 0 Å². The molecule has 2 amide bonds. The average molecular weight is 407 g/mol. The Labute approximate surface area is 174 Å². The number of amides is 2. The fourth-order valence-corrected chi connectivity index (χ4v) is 3.45. The van der Waals surface area contributed by atoms with Gasteiger partial charge >= 0.3 is 0 Å². The number of benzene rings is 3. The van der Waals surface area contributed by atoms with E-state index in [4.69, 9.17) is 4.74 Å². The highest BCUT2D eigenvalue weighted by Crippen LogP contribution is 2.26. The molecular weight excluding hydrogens is 384 g/mol. The van der Waals surface area contributed by atoms with Gasteiger partial charge in [0.05, 0.1) is 12.4 Å². The Balaban J connectivity index is 1.55. The SMILES string of the molecule is COc1ccc(C(=O)Nc2ccc(SC(C)C(=O)Nc3ccccc3)cc2)cc1. The van der Waals surface area contributed by atoms with E-state index in [1.54, 1.807) is 31.4 Å². The molecule has 6 heteroatoms. The molecule has 0 saturated carbocycles. The van der Waals surface area contributed by atoms with E-state index in [0.29, 0.717) is 17.0 Å². The normalized spacial score (nSPS) is 11.4. The molecule has 3 aromatic rings. The van der Waals surface area contributed by atoms with E-state index in [1.807, 2.05) is 61.5 Å². The first-order chi connectivity index (χ1) is 14.0. The Morgan fingerprint density at radius 3 is 2.07 bits per heavy atom. The molecule has 5 nitrogen and oxygen atoms in total. The summed E-state index contributed by atoms with van der Waals surface area (Å²) in [6.45, 7) is 1.86. The summed E-state index contributed by atoms with van der Waals surface area (Å²) in [5.74, 6) is 0.454. The second-order valence-electron chi connectivity index (χ2n) is 6.32. The van der Waals surface area contributed by atoms with Crippen LogP contribution in [0.25, 0.3) is 0 Å². The number of carbonyl (C=O) groups is 2. The summed E-state index contributed by atoms with van der Waals surface area (Å²) < 4.78 is 5.10. The van der Waals surface area contributed by atoms with Gasteiger partial charge in [0.1, 0.15) is 5.75 Å². The van der Waals surface area contributed by atoms with Crippen molar-refractivity contribution in [2.75, 3.05) is 17.7 Å². The van der Waals surface area contributed by atoms with Crippen LogP contribution in [0.3, 0.4) is 0 Å². The monoisotopic (exact) mass is 406 g/mol. The van der Waals surface area contributed by atoms with Gasteiger partial charge in [-0.1, -0.05) is 18.2 Å². The number of anilines is 2. The number of carbonyl (C=O) groups excluding carboxylic acids is 2. The molecule has 0 aliphatic heterocycles. The minimum Gasteiger partial charge on any atom is -0.497 e. The van der Waals surface area contributed by atoms with Crippen LogP contribution in [0.15, 0.2) is 83.8 Å². The predicted octanol–water partition coefficient (Wildman–Crippen LogP) is 5.07. The molecule has 0 saturated heterocycles. The van der Waals surface area contributed by atoms with Gasteiger partial charge in [-0.3, -0.25) is 9.59 Å². The third-order valence-corrected chi connectivity index (χ3v) is 5.30. The van der Waals surface area contributed by atoms with E-state index >= 15 is 0 Å². The minimum atomic E-state index is -0.255. The topological polar surface area (TPSA) is 67.4 Å². The molecule has 0 bridgehead atoms. The zero-order valence-electron chi connectivity index (χ0n) is 16.2. The summed E-state index contributed by atoms with van der Waals surface area (Å²) in [5, 5.41) is 5.51. The summed E-state index contributed by atoms with van der Waals surface area (Å²) in [4.78, 5) is 25.6. The number of thioether (sulfide) groups is 1.